The van der Waals surface area contributed by atoms with Crippen LogP contribution in [0.25, 0.3) is 0 Å². The van der Waals surface area contributed by atoms with Gasteiger partial charge >= 0.3 is 12.1 Å². The molecule has 1 rings (SSSR count). The summed E-state index contributed by atoms with van der Waals surface area (Å²) in [4.78, 5) is 11.1. The summed E-state index contributed by atoms with van der Waals surface area (Å²) in [6, 6.07) is 2.55. The third-order valence-electron chi connectivity index (χ3n) is 1.93. The molecule has 0 N–H and O–H groups in total. The molecule has 0 saturated carbocycles. The van der Waals surface area contributed by atoms with Gasteiger partial charge in [0.05, 0.1) is 13.2 Å². The summed E-state index contributed by atoms with van der Waals surface area (Å²) in [5.74, 6) is -4.90. The van der Waals surface area contributed by atoms with E-state index in [1.165, 1.54) is 18.3 Å². The molecule has 0 unspecified atom stereocenters. The maximum absolute atomic E-state index is 12.4. The molecule has 0 aliphatic rings. The fourth-order valence-electron chi connectivity index (χ4n) is 0.988. The van der Waals surface area contributed by atoms with Gasteiger partial charge in [-0.3, -0.25) is 4.79 Å². The van der Waals surface area contributed by atoms with Crippen LogP contribution in [0.4, 0.5) is 22.0 Å². The van der Waals surface area contributed by atoms with Gasteiger partial charge in [-0.15, -0.1) is 0 Å². The van der Waals surface area contributed by atoms with E-state index in [4.69, 9.17) is 0 Å². The topological polar surface area (TPSA) is 44.1 Å². The molecule has 1 aromatic heterocycles. The summed E-state index contributed by atoms with van der Waals surface area (Å²) in [6.07, 6.45) is -4.36. The second-order valence-corrected chi connectivity index (χ2v) is 3.34. The first-order valence-electron chi connectivity index (χ1n) is 4.78. The fourth-order valence-corrected chi connectivity index (χ4v) is 0.988. The quantitative estimate of drug-likeness (QED) is 0.602. The fraction of sp³-hybridized carbons (Fsp3) is 0.556. The number of alkyl halides is 5. The summed E-state index contributed by atoms with van der Waals surface area (Å²) < 4.78 is 65.2. The first-order chi connectivity index (χ1) is 8.24. The molecule has 0 radical (unpaired) electrons. The van der Waals surface area contributed by atoms with Crippen LogP contribution in [0.3, 0.4) is 0 Å². The van der Waals surface area contributed by atoms with Crippen LogP contribution in [0.15, 0.2) is 23.1 Å². The normalized spacial score (nSPS) is 12.7. The Kier molecular flexibility index (Phi) is 4.38. The standard InChI is InChI=1S/C9H9F5N2O2/c10-8(11,9(12,13)14)6-18-5-4-16-7(17)2-1-3-15-16/h1-3H,4-6H2. The van der Waals surface area contributed by atoms with Crippen LogP contribution in [-0.4, -0.2) is 35.1 Å². The molecule has 0 aliphatic carbocycles. The van der Waals surface area contributed by atoms with Crippen molar-refractivity contribution in [3.05, 3.63) is 28.7 Å². The van der Waals surface area contributed by atoms with Crippen molar-refractivity contribution in [1.82, 2.24) is 9.78 Å². The van der Waals surface area contributed by atoms with Crippen molar-refractivity contribution >= 4 is 0 Å². The molecule has 0 atom stereocenters. The van der Waals surface area contributed by atoms with E-state index >= 15 is 0 Å². The number of aromatic nitrogens is 2. The Labute approximate surface area is 98.0 Å². The molecular weight excluding hydrogens is 263 g/mol. The van der Waals surface area contributed by atoms with Gasteiger partial charge in [-0.1, -0.05) is 0 Å². The van der Waals surface area contributed by atoms with Gasteiger partial charge < -0.3 is 4.74 Å². The first kappa shape index (κ1) is 14.6. The molecule has 0 spiro atoms. The van der Waals surface area contributed by atoms with Gasteiger partial charge in [-0.05, 0) is 6.07 Å². The lowest BCUT2D eigenvalue weighted by Gasteiger charge is -2.19. The molecule has 0 fully saturated rings. The van der Waals surface area contributed by atoms with Crippen LogP contribution in [0.1, 0.15) is 0 Å². The summed E-state index contributed by atoms with van der Waals surface area (Å²) in [5.41, 5.74) is -0.497. The Morgan fingerprint density at radius 2 is 1.94 bits per heavy atom. The molecule has 9 heteroatoms. The van der Waals surface area contributed by atoms with E-state index < -0.39 is 30.9 Å². The summed E-state index contributed by atoms with van der Waals surface area (Å²) in [7, 11) is 0. The molecule has 0 amide bonds. The maximum atomic E-state index is 12.4. The minimum Gasteiger partial charge on any atom is -0.373 e. The monoisotopic (exact) mass is 272 g/mol. The number of rotatable bonds is 5. The van der Waals surface area contributed by atoms with Gasteiger partial charge in [0.15, 0.2) is 0 Å². The maximum Gasteiger partial charge on any atom is 0.455 e. The lowest BCUT2D eigenvalue weighted by atomic mass is 10.3. The molecule has 1 aromatic rings. The zero-order chi connectivity index (χ0) is 13.8. The highest BCUT2D eigenvalue weighted by molar-refractivity contribution is 4.84. The van der Waals surface area contributed by atoms with E-state index in [1.54, 1.807) is 0 Å². The third-order valence-corrected chi connectivity index (χ3v) is 1.93. The number of hydrogen-bond acceptors (Lipinski definition) is 3. The predicted octanol–water partition coefficient (Wildman–Crippen LogP) is 1.46. The molecule has 4 nitrogen and oxygen atoms in total. The Morgan fingerprint density at radius 3 is 2.50 bits per heavy atom. The van der Waals surface area contributed by atoms with E-state index in [1.807, 2.05) is 0 Å². The van der Waals surface area contributed by atoms with Crippen molar-refractivity contribution in [2.24, 2.45) is 0 Å². The van der Waals surface area contributed by atoms with Crippen LogP contribution in [-0.2, 0) is 11.3 Å². The largest absolute Gasteiger partial charge is 0.455 e. The Balaban J connectivity index is 2.41. The van der Waals surface area contributed by atoms with Crippen LogP contribution >= 0.6 is 0 Å². The minimum atomic E-state index is -5.64. The van der Waals surface area contributed by atoms with E-state index in [0.29, 0.717) is 0 Å². The van der Waals surface area contributed by atoms with Crippen molar-refractivity contribution in [2.75, 3.05) is 13.2 Å². The minimum absolute atomic E-state index is 0.201. The second-order valence-electron chi connectivity index (χ2n) is 3.34. The van der Waals surface area contributed by atoms with Crippen molar-refractivity contribution in [2.45, 2.75) is 18.6 Å². The van der Waals surface area contributed by atoms with E-state index in [2.05, 4.69) is 9.84 Å². The first-order valence-corrected chi connectivity index (χ1v) is 4.78. The average molecular weight is 272 g/mol. The SMILES string of the molecule is O=c1cccnn1CCOCC(F)(F)C(F)(F)F. The molecule has 102 valence electrons. The van der Waals surface area contributed by atoms with Crippen molar-refractivity contribution in [1.29, 1.82) is 0 Å². The van der Waals surface area contributed by atoms with Gasteiger partial charge in [0.1, 0.15) is 6.61 Å². The molecular formula is C9H9F5N2O2. The van der Waals surface area contributed by atoms with Crippen molar-refractivity contribution in [3.63, 3.8) is 0 Å². The van der Waals surface area contributed by atoms with E-state index in [0.717, 1.165) is 4.68 Å². The van der Waals surface area contributed by atoms with E-state index in [9.17, 15) is 26.7 Å². The van der Waals surface area contributed by atoms with Gasteiger partial charge in [0.25, 0.3) is 5.56 Å². The molecule has 0 aromatic carbocycles. The second kappa shape index (κ2) is 5.42. The van der Waals surface area contributed by atoms with Crippen LogP contribution in [0.5, 0.6) is 0 Å². The van der Waals surface area contributed by atoms with Gasteiger partial charge in [0, 0.05) is 12.3 Å². The molecule has 0 aliphatic heterocycles. The van der Waals surface area contributed by atoms with Crippen LogP contribution in [0.2, 0.25) is 0 Å². The lowest BCUT2D eigenvalue weighted by Crippen LogP contribution is -2.41. The smallest absolute Gasteiger partial charge is 0.373 e. The molecule has 1 heterocycles. The summed E-state index contributed by atoms with van der Waals surface area (Å²) >= 11 is 0. The highest BCUT2D eigenvalue weighted by Crippen LogP contribution is 2.35. The van der Waals surface area contributed by atoms with Gasteiger partial charge in [-0.25, -0.2) is 4.68 Å². The van der Waals surface area contributed by atoms with Gasteiger partial charge in [-0.2, -0.15) is 27.1 Å². The van der Waals surface area contributed by atoms with Crippen molar-refractivity contribution in [3.8, 4) is 0 Å². The summed E-state index contributed by atoms with van der Waals surface area (Å²) in [5, 5.41) is 3.58. The Bertz CT molecular complexity index is 443. The zero-order valence-electron chi connectivity index (χ0n) is 8.95. The number of nitrogens with zero attached hydrogens (tertiary/aromatic N) is 2. The number of ether oxygens (including phenoxy) is 1. The Hall–Kier alpha value is -1.51. The molecule has 18 heavy (non-hydrogen) atoms. The molecule has 0 bridgehead atoms. The third kappa shape index (κ3) is 3.76. The van der Waals surface area contributed by atoms with Gasteiger partial charge in [0.2, 0.25) is 0 Å². The van der Waals surface area contributed by atoms with Crippen LogP contribution in [0, 0.1) is 0 Å². The highest BCUT2D eigenvalue weighted by atomic mass is 19.4. The summed E-state index contributed by atoms with van der Waals surface area (Å²) in [6.45, 7) is -2.45. The predicted molar refractivity (Wildman–Crippen MR) is 50.3 cm³/mol. The zero-order valence-corrected chi connectivity index (χ0v) is 8.95. The molecule has 0 saturated heterocycles. The number of halogens is 5. The van der Waals surface area contributed by atoms with Crippen molar-refractivity contribution < 1.29 is 26.7 Å². The van der Waals surface area contributed by atoms with Crippen LogP contribution < -0.4 is 5.56 Å². The average Bonchev–Trinajstić information content (AvgIpc) is 2.25. The van der Waals surface area contributed by atoms with E-state index in [-0.39, 0.29) is 6.54 Å². The Morgan fingerprint density at radius 1 is 1.28 bits per heavy atom. The lowest BCUT2D eigenvalue weighted by molar-refractivity contribution is -0.296. The highest BCUT2D eigenvalue weighted by Gasteiger charge is 2.57. The number of hydrogen-bond donors (Lipinski definition) is 0.